The van der Waals surface area contributed by atoms with Gasteiger partial charge in [0.25, 0.3) is 5.91 Å². The van der Waals surface area contributed by atoms with Gasteiger partial charge in [0.05, 0.1) is 18.2 Å². The van der Waals surface area contributed by atoms with Crippen molar-refractivity contribution in [3.05, 3.63) is 64.1 Å². The fourth-order valence-electron chi connectivity index (χ4n) is 2.37. The van der Waals surface area contributed by atoms with Crippen molar-refractivity contribution < 1.29 is 19.5 Å². The van der Waals surface area contributed by atoms with Gasteiger partial charge in [-0.2, -0.15) is 0 Å². The number of nitrogens with zero attached hydrogens (tertiary/aromatic N) is 1. The molecule has 1 atom stereocenters. The summed E-state index contributed by atoms with van der Waals surface area (Å²) in [6, 6.07) is 11.4. The molecule has 0 bridgehead atoms. The number of benzene rings is 2. The van der Waals surface area contributed by atoms with Gasteiger partial charge in [-0.3, -0.25) is 15.0 Å². The number of hydrogen-bond acceptors (Lipinski definition) is 4. The molecular weight excluding hydrogens is 444 g/mol. The molecule has 2 aromatic rings. The number of guanidine groups is 1. The molecule has 8 N–H and O–H groups in total. The number of aliphatic imine (C=N–C) groups is 1. The van der Waals surface area contributed by atoms with E-state index in [9.17, 15) is 14.4 Å². The molecule has 2 rings (SSSR count). The highest BCUT2D eigenvalue weighted by atomic mass is 79.9. The van der Waals surface area contributed by atoms with E-state index in [-0.39, 0.29) is 17.9 Å². The highest BCUT2D eigenvalue weighted by molar-refractivity contribution is 9.10. The summed E-state index contributed by atoms with van der Waals surface area (Å²) >= 11 is 3.29. The number of urea groups is 1. The Bertz CT molecular complexity index is 928. The van der Waals surface area contributed by atoms with Crippen LogP contribution in [0.25, 0.3) is 0 Å². The summed E-state index contributed by atoms with van der Waals surface area (Å²) in [6.07, 6.45) is -0.330. The molecule has 0 heterocycles. The first-order valence-corrected chi connectivity index (χ1v) is 9.07. The summed E-state index contributed by atoms with van der Waals surface area (Å²) in [5.74, 6) is -1.84. The molecular formula is C18H19BrN6O4. The molecule has 11 heteroatoms. The van der Waals surface area contributed by atoms with Crippen LogP contribution in [-0.4, -0.2) is 29.0 Å². The number of carboxylic acids is 1. The largest absolute Gasteiger partial charge is 0.481 e. The van der Waals surface area contributed by atoms with E-state index in [4.69, 9.17) is 16.6 Å². The van der Waals surface area contributed by atoms with Crippen molar-refractivity contribution in [1.82, 2.24) is 16.2 Å². The molecule has 29 heavy (non-hydrogen) atoms. The first-order valence-electron chi connectivity index (χ1n) is 8.28. The number of nitrogens with two attached hydrogens (primary N) is 2. The number of halogens is 1. The smallest absolute Gasteiger partial charge is 0.333 e. The number of carboxylic acid groups (broad SMARTS) is 1. The molecule has 0 aliphatic rings. The summed E-state index contributed by atoms with van der Waals surface area (Å²) in [4.78, 5) is 39.3. The van der Waals surface area contributed by atoms with E-state index in [2.05, 4.69) is 37.1 Å². The number of carbonyl (C=O) groups is 3. The van der Waals surface area contributed by atoms with E-state index < -0.39 is 23.9 Å². The lowest BCUT2D eigenvalue weighted by molar-refractivity contribution is -0.137. The summed E-state index contributed by atoms with van der Waals surface area (Å²) < 4.78 is 0.815. The minimum absolute atomic E-state index is 0.155. The number of nitrogens with one attached hydrogen (secondary N) is 3. The van der Waals surface area contributed by atoms with Crippen molar-refractivity contribution in [2.24, 2.45) is 16.5 Å². The monoisotopic (exact) mass is 462 g/mol. The van der Waals surface area contributed by atoms with E-state index in [0.29, 0.717) is 11.3 Å². The second kappa shape index (κ2) is 10.1. The van der Waals surface area contributed by atoms with Gasteiger partial charge in [-0.05, 0) is 35.9 Å². The maximum Gasteiger partial charge on any atom is 0.333 e. The van der Waals surface area contributed by atoms with Crippen LogP contribution in [-0.2, 0) is 4.79 Å². The highest BCUT2D eigenvalue weighted by Gasteiger charge is 2.18. The normalized spacial score (nSPS) is 11.1. The Morgan fingerprint density at radius 2 is 1.76 bits per heavy atom. The number of hydrogen-bond donors (Lipinski definition) is 6. The van der Waals surface area contributed by atoms with Crippen LogP contribution in [0.4, 0.5) is 10.5 Å². The van der Waals surface area contributed by atoms with Crippen molar-refractivity contribution in [2.75, 3.05) is 0 Å². The van der Waals surface area contributed by atoms with E-state index in [0.717, 1.165) is 4.47 Å². The van der Waals surface area contributed by atoms with Crippen LogP contribution in [0.2, 0.25) is 0 Å². The molecule has 0 aliphatic carbocycles. The number of amides is 3. The van der Waals surface area contributed by atoms with Gasteiger partial charge < -0.3 is 21.9 Å². The average molecular weight is 463 g/mol. The Labute approximate surface area is 174 Å². The molecule has 10 nitrogen and oxygen atoms in total. The molecule has 0 aromatic heterocycles. The lowest BCUT2D eigenvalue weighted by Crippen LogP contribution is -2.48. The fraction of sp³-hybridized carbons (Fsp3) is 0.111. The van der Waals surface area contributed by atoms with Crippen LogP contribution in [0.5, 0.6) is 0 Å². The van der Waals surface area contributed by atoms with Crippen LogP contribution < -0.4 is 27.6 Å². The quantitative estimate of drug-likeness (QED) is 0.215. The number of carbonyl (C=O) groups excluding carboxylic acids is 2. The second-order valence-corrected chi connectivity index (χ2v) is 6.76. The van der Waals surface area contributed by atoms with Gasteiger partial charge in [0.15, 0.2) is 5.96 Å². The summed E-state index contributed by atoms with van der Waals surface area (Å²) in [5.41, 5.74) is 16.2. The Hall–Kier alpha value is -3.60. The van der Waals surface area contributed by atoms with Gasteiger partial charge in [-0.25, -0.2) is 15.2 Å². The van der Waals surface area contributed by atoms with Crippen LogP contribution in [0.1, 0.15) is 28.4 Å². The van der Waals surface area contributed by atoms with E-state index in [1.54, 1.807) is 36.4 Å². The Morgan fingerprint density at radius 3 is 2.38 bits per heavy atom. The Kier molecular flexibility index (Phi) is 7.54. The van der Waals surface area contributed by atoms with Gasteiger partial charge in [0.2, 0.25) is 0 Å². The average Bonchev–Trinajstić information content (AvgIpc) is 2.65. The summed E-state index contributed by atoms with van der Waals surface area (Å²) in [7, 11) is 0. The molecule has 0 fully saturated rings. The standard InChI is InChI=1S/C18H19BrN6O4/c19-12-6-4-10(5-7-12)14(9-15(26)27)23-18(29)25-24-16(28)11-2-1-3-13(8-11)22-17(20)21/h1-8,14H,9H2,(H,24,28)(H,26,27)(H4,20,21,22)(H2,23,25,29). The van der Waals surface area contributed by atoms with Crippen molar-refractivity contribution in [2.45, 2.75) is 12.5 Å². The predicted molar refractivity (Wildman–Crippen MR) is 110 cm³/mol. The molecule has 0 saturated carbocycles. The van der Waals surface area contributed by atoms with Crippen LogP contribution in [0.3, 0.4) is 0 Å². The first kappa shape index (κ1) is 21.7. The van der Waals surface area contributed by atoms with Crippen molar-refractivity contribution in [3.8, 4) is 0 Å². The first-order chi connectivity index (χ1) is 13.7. The molecule has 0 spiro atoms. The summed E-state index contributed by atoms with van der Waals surface area (Å²) in [6.45, 7) is 0. The van der Waals surface area contributed by atoms with Gasteiger partial charge >= 0.3 is 12.0 Å². The molecule has 152 valence electrons. The lowest BCUT2D eigenvalue weighted by Gasteiger charge is -2.18. The van der Waals surface area contributed by atoms with E-state index >= 15 is 0 Å². The van der Waals surface area contributed by atoms with Crippen LogP contribution in [0, 0.1) is 0 Å². The third kappa shape index (κ3) is 7.14. The topological polar surface area (TPSA) is 172 Å². The lowest BCUT2D eigenvalue weighted by atomic mass is 10.0. The Morgan fingerprint density at radius 1 is 1.07 bits per heavy atom. The van der Waals surface area contributed by atoms with Crippen LogP contribution in [0.15, 0.2) is 58.0 Å². The Balaban J connectivity index is 1.99. The third-order valence-corrected chi connectivity index (χ3v) is 4.14. The zero-order valence-electron chi connectivity index (χ0n) is 15.1. The predicted octanol–water partition coefficient (Wildman–Crippen LogP) is 1.51. The number of aliphatic carboxylic acids is 1. The van der Waals surface area contributed by atoms with Gasteiger partial charge in [0, 0.05) is 10.0 Å². The molecule has 1 unspecified atom stereocenters. The minimum Gasteiger partial charge on any atom is -0.481 e. The van der Waals surface area contributed by atoms with Gasteiger partial charge in [0.1, 0.15) is 0 Å². The van der Waals surface area contributed by atoms with Crippen molar-refractivity contribution in [3.63, 3.8) is 0 Å². The van der Waals surface area contributed by atoms with Crippen molar-refractivity contribution in [1.29, 1.82) is 0 Å². The zero-order valence-corrected chi connectivity index (χ0v) is 16.6. The number of hydrazine groups is 1. The fourth-order valence-corrected chi connectivity index (χ4v) is 2.63. The molecule has 3 amide bonds. The number of rotatable bonds is 6. The van der Waals surface area contributed by atoms with Crippen molar-refractivity contribution >= 4 is 45.5 Å². The van der Waals surface area contributed by atoms with Gasteiger partial charge in [-0.1, -0.05) is 34.1 Å². The third-order valence-electron chi connectivity index (χ3n) is 3.61. The molecule has 0 saturated heterocycles. The van der Waals surface area contributed by atoms with Crippen LogP contribution >= 0.6 is 15.9 Å². The second-order valence-electron chi connectivity index (χ2n) is 5.84. The molecule has 0 aliphatic heterocycles. The van der Waals surface area contributed by atoms with E-state index in [1.165, 1.54) is 12.1 Å². The maximum atomic E-state index is 12.2. The minimum atomic E-state index is -1.08. The van der Waals surface area contributed by atoms with Gasteiger partial charge in [-0.15, -0.1) is 0 Å². The van der Waals surface area contributed by atoms with E-state index in [1.807, 2.05) is 0 Å². The zero-order chi connectivity index (χ0) is 21.4. The maximum absolute atomic E-state index is 12.2. The molecule has 0 radical (unpaired) electrons. The highest BCUT2D eigenvalue weighted by Crippen LogP contribution is 2.19. The summed E-state index contributed by atoms with van der Waals surface area (Å²) in [5, 5.41) is 11.6. The SMILES string of the molecule is NC(N)=Nc1cccc(C(=O)NNC(=O)NC(CC(=O)O)c2ccc(Br)cc2)c1. The molecule has 2 aromatic carbocycles.